The Morgan fingerprint density at radius 3 is 2.38 bits per heavy atom. The molecule has 1 amide bonds. The van der Waals surface area contributed by atoms with Crippen molar-refractivity contribution in [2.45, 2.75) is 20.0 Å². The second kappa shape index (κ2) is 5.23. The fourth-order valence-electron chi connectivity index (χ4n) is 2.13. The summed E-state index contributed by atoms with van der Waals surface area (Å²) in [6, 6.07) is 4.87. The molecule has 0 bridgehead atoms. The predicted molar refractivity (Wildman–Crippen MR) is 72.1 cm³/mol. The molecule has 0 radical (unpaired) electrons. The lowest BCUT2D eigenvalue weighted by molar-refractivity contribution is -0.136. The van der Waals surface area contributed by atoms with Crippen LogP contribution < -0.4 is 5.32 Å². The summed E-state index contributed by atoms with van der Waals surface area (Å²) in [6.07, 6.45) is -4.52. The van der Waals surface area contributed by atoms with E-state index < -0.39 is 17.6 Å². The van der Waals surface area contributed by atoms with Gasteiger partial charge < -0.3 is 5.32 Å². The molecule has 0 saturated carbocycles. The lowest BCUT2D eigenvalue weighted by atomic mass is 10.1. The van der Waals surface area contributed by atoms with Gasteiger partial charge in [-0.25, -0.2) is 0 Å². The van der Waals surface area contributed by atoms with Crippen molar-refractivity contribution in [3.05, 3.63) is 46.8 Å². The Morgan fingerprint density at radius 2 is 1.86 bits per heavy atom. The van der Waals surface area contributed by atoms with Gasteiger partial charge in [-0.3, -0.25) is 9.48 Å². The Bertz CT molecular complexity index is 689. The lowest BCUT2D eigenvalue weighted by Crippen LogP contribution is -2.17. The highest BCUT2D eigenvalue weighted by Crippen LogP contribution is 2.34. The van der Waals surface area contributed by atoms with Gasteiger partial charge in [0.15, 0.2) is 0 Å². The predicted octanol–water partition coefficient (Wildman–Crippen LogP) is 3.31. The first-order valence-corrected chi connectivity index (χ1v) is 6.19. The van der Waals surface area contributed by atoms with E-state index in [4.69, 9.17) is 0 Å². The van der Waals surface area contributed by atoms with E-state index in [-0.39, 0.29) is 11.3 Å². The third-order valence-electron chi connectivity index (χ3n) is 3.22. The van der Waals surface area contributed by atoms with Crippen molar-refractivity contribution in [2.24, 2.45) is 7.05 Å². The molecular formula is C14H14F3N3O. The summed E-state index contributed by atoms with van der Waals surface area (Å²) in [4.78, 5) is 12.2. The summed E-state index contributed by atoms with van der Waals surface area (Å²) in [6.45, 7) is 3.32. The standard InChI is InChI=1S/C14H14F3N3O/c1-8-12(9(2)20(3)19-8)13(21)18-11-7-5-4-6-10(11)14(15,16)17/h4-7H,1-3H3,(H,18,21). The van der Waals surface area contributed by atoms with Crippen LogP contribution in [0.2, 0.25) is 0 Å². The summed E-state index contributed by atoms with van der Waals surface area (Å²) in [7, 11) is 1.67. The van der Waals surface area contributed by atoms with Crippen molar-refractivity contribution in [1.29, 1.82) is 0 Å². The van der Waals surface area contributed by atoms with Gasteiger partial charge >= 0.3 is 6.18 Å². The van der Waals surface area contributed by atoms with Crippen molar-refractivity contribution in [3.63, 3.8) is 0 Å². The highest BCUT2D eigenvalue weighted by Gasteiger charge is 2.33. The number of rotatable bonds is 2. The van der Waals surface area contributed by atoms with E-state index in [9.17, 15) is 18.0 Å². The molecule has 0 fully saturated rings. The second-order valence-electron chi connectivity index (χ2n) is 4.67. The maximum Gasteiger partial charge on any atom is 0.418 e. The van der Waals surface area contributed by atoms with Crippen LogP contribution in [-0.2, 0) is 13.2 Å². The minimum Gasteiger partial charge on any atom is -0.321 e. The molecule has 21 heavy (non-hydrogen) atoms. The minimum absolute atomic E-state index is 0.266. The van der Waals surface area contributed by atoms with E-state index in [2.05, 4.69) is 10.4 Å². The van der Waals surface area contributed by atoms with E-state index >= 15 is 0 Å². The molecule has 7 heteroatoms. The molecule has 2 rings (SSSR count). The van der Waals surface area contributed by atoms with Gasteiger partial charge in [0.2, 0.25) is 0 Å². The molecule has 1 aromatic heterocycles. The van der Waals surface area contributed by atoms with E-state index in [1.54, 1.807) is 20.9 Å². The van der Waals surface area contributed by atoms with Crippen LogP contribution in [0, 0.1) is 13.8 Å². The van der Waals surface area contributed by atoms with Crippen molar-refractivity contribution in [1.82, 2.24) is 9.78 Å². The molecule has 0 atom stereocenters. The summed E-state index contributed by atoms with van der Waals surface area (Å²) < 4.78 is 40.2. The third-order valence-corrected chi connectivity index (χ3v) is 3.22. The van der Waals surface area contributed by atoms with Crippen LogP contribution in [0.4, 0.5) is 18.9 Å². The molecular weight excluding hydrogens is 283 g/mol. The monoisotopic (exact) mass is 297 g/mol. The van der Waals surface area contributed by atoms with Crippen LogP contribution in [0.1, 0.15) is 27.3 Å². The quantitative estimate of drug-likeness (QED) is 0.924. The topological polar surface area (TPSA) is 46.9 Å². The van der Waals surface area contributed by atoms with Crippen molar-refractivity contribution in [2.75, 3.05) is 5.32 Å². The third kappa shape index (κ3) is 2.91. The first kappa shape index (κ1) is 15.1. The van der Waals surface area contributed by atoms with Gasteiger partial charge in [0.25, 0.3) is 5.91 Å². The van der Waals surface area contributed by atoms with Crippen molar-refractivity contribution in [3.8, 4) is 0 Å². The fourth-order valence-corrected chi connectivity index (χ4v) is 2.13. The number of amides is 1. The smallest absolute Gasteiger partial charge is 0.321 e. The molecule has 4 nitrogen and oxygen atoms in total. The zero-order chi connectivity index (χ0) is 15.8. The van der Waals surface area contributed by atoms with Crippen LogP contribution in [-0.4, -0.2) is 15.7 Å². The molecule has 112 valence electrons. The maximum absolute atomic E-state index is 12.9. The molecule has 1 aromatic carbocycles. The van der Waals surface area contributed by atoms with E-state index in [0.717, 1.165) is 6.07 Å². The van der Waals surface area contributed by atoms with E-state index in [0.29, 0.717) is 11.4 Å². The number of halogens is 3. The molecule has 0 aliphatic heterocycles. The molecule has 0 unspecified atom stereocenters. The number of aromatic nitrogens is 2. The highest BCUT2D eigenvalue weighted by molar-refractivity contribution is 6.06. The summed E-state index contributed by atoms with van der Waals surface area (Å²) in [5.41, 5.74) is 0.205. The number of benzene rings is 1. The Kier molecular flexibility index (Phi) is 3.76. The van der Waals surface area contributed by atoms with Crippen LogP contribution in [0.5, 0.6) is 0 Å². The molecule has 0 spiro atoms. The molecule has 0 saturated heterocycles. The number of nitrogens with zero attached hydrogens (tertiary/aromatic N) is 2. The zero-order valence-electron chi connectivity index (χ0n) is 11.7. The van der Waals surface area contributed by atoms with E-state index in [1.807, 2.05) is 0 Å². The Balaban J connectivity index is 2.37. The summed E-state index contributed by atoms with van der Waals surface area (Å²) in [5, 5.41) is 6.39. The normalized spacial score (nSPS) is 11.5. The van der Waals surface area contributed by atoms with Crippen LogP contribution in [0.15, 0.2) is 24.3 Å². The number of hydrogen-bond acceptors (Lipinski definition) is 2. The molecule has 1 heterocycles. The average molecular weight is 297 g/mol. The number of para-hydroxylation sites is 1. The minimum atomic E-state index is -4.52. The largest absolute Gasteiger partial charge is 0.418 e. The average Bonchev–Trinajstić information content (AvgIpc) is 2.62. The van der Waals surface area contributed by atoms with Crippen molar-refractivity contribution >= 4 is 11.6 Å². The SMILES string of the molecule is Cc1nn(C)c(C)c1C(=O)Nc1ccccc1C(F)(F)F. The second-order valence-corrected chi connectivity index (χ2v) is 4.67. The molecule has 1 N–H and O–H groups in total. The Hall–Kier alpha value is -2.31. The number of carbonyl (C=O) groups is 1. The highest BCUT2D eigenvalue weighted by atomic mass is 19.4. The first-order chi connectivity index (χ1) is 9.71. The Labute approximate surface area is 119 Å². The van der Waals surface area contributed by atoms with Gasteiger partial charge in [-0.1, -0.05) is 12.1 Å². The first-order valence-electron chi connectivity index (χ1n) is 6.19. The zero-order valence-corrected chi connectivity index (χ0v) is 11.7. The van der Waals surface area contributed by atoms with Gasteiger partial charge in [0, 0.05) is 12.7 Å². The van der Waals surface area contributed by atoms with Gasteiger partial charge in [-0.15, -0.1) is 0 Å². The van der Waals surface area contributed by atoms with Crippen LogP contribution >= 0.6 is 0 Å². The number of alkyl halides is 3. The number of hydrogen-bond donors (Lipinski definition) is 1. The Morgan fingerprint density at radius 1 is 1.24 bits per heavy atom. The maximum atomic E-state index is 12.9. The van der Waals surface area contributed by atoms with Crippen LogP contribution in [0.25, 0.3) is 0 Å². The fraction of sp³-hybridized carbons (Fsp3) is 0.286. The lowest BCUT2D eigenvalue weighted by Gasteiger charge is -2.13. The summed E-state index contributed by atoms with van der Waals surface area (Å²) >= 11 is 0. The van der Waals surface area contributed by atoms with Crippen molar-refractivity contribution < 1.29 is 18.0 Å². The summed E-state index contributed by atoms with van der Waals surface area (Å²) in [5.74, 6) is -0.602. The molecule has 0 aliphatic carbocycles. The number of nitrogens with one attached hydrogen (secondary N) is 1. The van der Waals surface area contributed by atoms with Crippen LogP contribution in [0.3, 0.4) is 0 Å². The van der Waals surface area contributed by atoms with Gasteiger partial charge in [-0.05, 0) is 26.0 Å². The number of aryl methyl sites for hydroxylation is 2. The van der Waals surface area contributed by atoms with Gasteiger partial charge in [0.05, 0.1) is 22.5 Å². The van der Waals surface area contributed by atoms with Gasteiger partial charge in [0.1, 0.15) is 0 Å². The number of carbonyl (C=O) groups excluding carboxylic acids is 1. The number of anilines is 1. The van der Waals surface area contributed by atoms with Gasteiger partial charge in [-0.2, -0.15) is 18.3 Å². The molecule has 0 aliphatic rings. The van der Waals surface area contributed by atoms with E-state index in [1.165, 1.54) is 22.9 Å². The molecule has 2 aromatic rings.